The molecular weight excluding hydrogens is 463 g/mol. The fraction of sp³-hybridized carbons (Fsp3) is 0.185. The van der Waals surface area contributed by atoms with E-state index in [9.17, 15) is 14.0 Å². The number of aliphatic imine (C=N–C) groups is 2. The Kier molecular flexibility index (Phi) is 6.72. The van der Waals surface area contributed by atoms with E-state index in [1.54, 1.807) is 17.0 Å². The van der Waals surface area contributed by atoms with Crippen molar-refractivity contribution >= 4 is 40.3 Å². The van der Waals surface area contributed by atoms with Crippen LogP contribution >= 0.6 is 11.8 Å². The first-order chi connectivity index (χ1) is 17.1. The lowest BCUT2D eigenvalue weighted by Gasteiger charge is -2.30. The van der Waals surface area contributed by atoms with Crippen molar-refractivity contribution in [3.05, 3.63) is 101 Å². The van der Waals surface area contributed by atoms with Crippen LogP contribution in [-0.4, -0.2) is 40.3 Å². The van der Waals surface area contributed by atoms with Crippen LogP contribution in [0.5, 0.6) is 0 Å². The summed E-state index contributed by atoms with van der Waals surface area (Å²) >= 11 is 1.43. The van der Waals surface area contributed by atoms with Crippen molar-refractivity contribution in [2.45, 2.75) is 24.6 Å². The highest BCUT2D eigenvalue weighted by molar-refractivity contribution is 8.13. The van der Waals surface area contributed by atoms with Gasteiger partial charge in [-0.15, -0.1) is 0 Å². The zero-order valence-electron chi connectivity index (χ0n) is 18.9. The van der Waals surface area contributed by atoms with Crippen molar-refractivity contribution in [1.82, 2.24) is 10.2 Å². The summed E-state index contributed by atoms with van der Waals surface area (Å²) in [5.41, 5.74) is 3.55. The van der Waals surface area contributed by atoms with E-state index < -0.39 is 6.04 Å². The van der Waals surface area contributed by atoms with Crippen molar-refractivity contribution in [3.63, 3.8) is 0 Å². The Labute approximate surface area is 207 Å². The fourth-order valence-electron chi connectivity index (χ4n) is 4.07. The molecule has 2 heterocycles. The summed E-state index contributed by atoms with van der Waals surface area (Å²) in [7, 11) is 0. The number of nitrogens with one attached hydrogen (secondary N) is 1. The summed E-state index contributed by atoms with van der Waals surface area (Å²) < 4.78 is 13.3. The van der Waals surface area contributed by atoms with Gasteiger partial charge in [0.15, 0.2) is 5.17 Å². The first-order valence-electron chi connectivity index (χ1n) is 11.4. The maximum absolute atomic E-state index is 13.3. The van der Waals surface area contributed by atoms with Gasteiger partial charge in [0.05, 0.1) is 12.1 Å². The SMILES string of the molecule is O=C(CC1C(=O)N=C2c3ccccc3N=C(SCc3ccc(F)cc3)N21)NCCc1ccccc1. The number of carbonyl (C=O) groups excluding carboxylic acids is 2. The van der Waals surface area contributed by atoms with Gasteiger partial charge in [-0.3, -0.25) is 14.5 Å². The fourth-order valence-corrected chi connectivity index (χ4v) is 5.07. The smallest absolute Gasteiger partial charge is 0.271 e. The van der Waals surface area contributed by atoms with Crippen LogP contribution in [0.15, 0.2) is 88.8 Å². The van der Waals surface area contributed by atoms with Crippen LogP contribution in [-0.2, 0) is 21.8 Å². The molecule has 0 spiro atoms. The molecule has 1 unspecified atom stereocenters. The summed E-state index contributed by atoms with van der Waals surface area (Å²) in [6.07, 6.45) is 0.698. The standard InChI is InChI=1S/C27H23FN4O2S/c28-20-12-10-19(11-13-20)17-35-27-30-22-9-5-4-8-21(22)25-31-26(34)23(32(25)27)16-24(33)29-15-14-18-6-2-1-3-7-18/h1-13,23H,14-17H2,(H,29,33). The summed E-state index contributed by atoms with van der Waals surface area (Å²) in [5.74, 6) is 0.197. The molecule has 5 rings (SSSR count). The van der Waals surface area contributed by atoms with Crippen molar-refractivity contribution in [2.24, 2.45) is 9.98 Å². The zero-order chi connectivity index (χ0) is 24.2. The number of amides is 2. The van der Waals surface area contributed by atoms with Crippen LogP contribution in [0.3, 0.4) is 0 Å². The highest BCUT2D eigenvalue weighted by atomic mass is 32.2. The normalized spacial score (nSPS) is 16.3. The number of hydrogen-bond acceptors (Lipinski definition) is 5. The molecule has 1 N–H and O–H groups in total. The Bertz CT molecular complexity index is 1310. The summed E-state index contributed by atoms with van der Waals surface area (Å²) in [5, 5.41) is 3.52. The van der Waals surface area contributed by atoms with E-state index >= 15 is 0 Å². The van der Waals surface area contributed by atoms with E-state index in [-0.39, 0.29) is 24.1 Å². The van der Waals surface area contributed by atoms with Crippen LogP contribution in [0.2, 0.25) is 0 Å². The predicted octanol–water partition coefficient (Wildman–Crippen LogP) is 4.47. The minimum Gasteiger partial charge on any atom is -0.356 e. The van der Waals surface area contributed by atoms with Gasteiger partial charge in [-0.05, 0) is 41.8 Å². The molecule has 0 bridgehead atoms. The number of fused-ring (bicyclic) bond motifs is 3. The third-order valence-electron chi connectivity index (χ3n) is 5.85. The van der Waals surface area contributed by atoms with Crippen molar-refractivity contribution in [1.29, 1.82) is 0 Å². The van der Waals surface area contributed by atoms with E-state index in [2.05, 4.69) is 10.3 Å². The summed E-state index contributed by atoms with van der Waals surface area (Å²) in [4.78, 5) is 36.5. The second-order valence-electron chi connectivity index (χ2n) is 8.28. The number of hydrogen-bond donors (Lipinski definition) is 1. The first-order valence-corrected chi connectivity index (χ1v) is 12.3. The predicted molar refractivity (Wildman–Crippen MR) is 136 cm³/mol. The van der Waals surface area contributed by atoms with E-state index in [4.69, 9.17) is 4.99 Å². The van der Waals surface area contributed by atoms with Crippen LogP contribution in [0.25, 0.3) is 0 Å². The van der Waals surface area contributed by atoms with Gasteiger partial charge in [0.25, 0.3) is 5.91 Å². The third-order valence-corrected chi connectivity index (χ3v) is 6.87. The number of thioether (sulfide) groups is 1. The van der Waals surface area contributed by atoms with Crippen LogP contribution in [0.1, 0.15) is 23.1 Å². The zero-order valence-corrected chi connectivity index (χ0v) is 19.7. The molecule has 2 amide bonds. The minimum atomic E-state index is -0.755. The lowest BCUT2D eigenvalue weighted by Crippen LogP contribution is -2.46. The Balaban J connectivity index is 1.31. The average molecular weight is 487 g/mol. The molecule has 0 fully saturated rings. The highest BCUT2D eigenvalue weighted by Gasteiger charge is 2.42. The van der Waals surface area contributed by atoms with E-state index in [1.165, 1.54) is 23.9 Å². The molecule has 0 aromatic heterocycles. The minimum absolute atomic E-state index is 0.0150. The molecule has 176 valence electrons. The lowest BCUT2D eigenvalue weighted by molar-refractivity contribution is -0.126. The quantitative estimate of drug-likeness (QED) is 0.535. The van der Waals surface area contributed by atoms with Gasteiger partial charge >= 0.3 is 0 Å². The number of amidine groups is 2. The Hall–Kier alpha value is -3.78. The molecule has 0 radical (unpaired) electrons. The molecular formula is C27H23FN4O2S. The third kappa shape index (κ3) is 5.17. The van der Waals surface area contributed by atoms with Gasteiger partial charge in [-0.2, -0.15) is 4.99 Å². The van der Waals surface area contributed by atoms with Crippen LogP contribution in [0.4, 0.5) is 10.1 Å². The molecule has 3 aromatic rings. The molecule has 1 atom stereocenters. The van der Waals surface area contributed by atoms with E-state index in [1.807, 2.05) is 54.6 Å². The highest BCUT2D eigenvalue weighted by Crippen LogP contribution is 2.35. The molecule has 0 saturated heterocycles. The molecule has 2 aliphatic heterocycles. The first kappa shape index (κ1) is 23.0. The van der Waals surface area contributed by atoms with Gasteiger partial charge in [0.1, 0.15) is 17.7 Å². The number of carbonyl (C=O) groups is 2. The number of halogens is 1. The van der Waals surface area contributed by atoms with Crippen molar-refractivity contribution < 1.29 is 14.0 Å². The molecule has 0 aliphatic carbocycles. The Morgan fingerprint density at radius 2 is 1.69 bits per heavy atom. The molecule has 3 aromatic carbocycles. The van der Waals surface area contributed by atoms with Gasteiger partial charge in [0, 0.05) is 17.9 Å². The topological polar surface area (TPSA) is 74.1 Å². The second-order valence-corrected chi connectivity index (χ2v) is 9.22. The van der Waals surface area contributed by atoms with Crippen LogP contribution in [0, 0.1) is 5.82 Å². The number of para-hydroxylation sites is 1. The number of benzene rings is 3. The molecule has 0 saturated carbocycles. The van der Waals surface area contributed by atoms with Gasteiger partial charge in [0.2, 0.25) is 5.91 Å². The van der Waals surface area contributed by atoms with Crippen LogP contribution < -0.4 is 5.32 Å². The maximum atomic E-state index is 13.3. The van der Waals surface area contributed by atoms with E-state index in [0.717, 1.165) is 22.4 Å². The van der Waals surface area contributed by atoms with Crippen molar-refractivity contribution in [3.8, 4) is 0 Å². The molecule has 2 aliphatic rings. The van der Waals surface area contributed by atoms with Crippen molar-refractivity contribution in [2.75, 3.05) is 6.54 Å². The second kappa shape index (κ2) is 10.2. The molecule has 35 heavy (non-hydrogen) atoms. The Morgan fingerprint density at radius 3 is 2.49 bits per heavy atom. The average Bonchev–Trinajstić information content (AvgIpc) is 3.20. The summed E-state index contributed by atoms with van der Waals surface area (Å²) in [6, 6.07) is 23.0. The lowest BCUT2D eigenvalue weighted by atomic mass is 10.1. The largest absolute Gasteiger partial charge is 0.356 e. The number of nitrogens with zero attached hydrogens (tertiary/aromatic N) is 3. The monoisotopic (exact) mass is 486 g/mol. The van der Waals surface area contributed by atoms with Gasteiger partial charge in [-0.1, -0.05) is 66.4 Å². The van der Waals surface area contributed by atoms with Gasteiger partial charge in [-0.25, -0.2) is 9.38 Å². The maximum Gasteiger partial charge on any atom is 0.271 e. The number of rotatable bonds is 7. The Morgan fingerprint density at radius 1 is 0.943 bits per heavy atom. The summed E-state index contributed by atoms with van der Waals surface area (Å²) in [6.45, 7) is 0.487. The van der Waals surface area contributed by atoms with E-state index in [0.29, 0.717) is 29.7 Å². The van der Waals surface area contributed by atoms with Gasteiger partial charge < -0.3 is 5.32 Å². The molecule has 6 nitrogen and oxygen atoms in total. The molecule has 8 heteroatoms.